The van der Waals surface area contributed by atoms with Gasteiger partial charge in [0, 0.05) is 11.0 Å². The average molecular weight is 593 g/mol. The molecule has 6 atom stereocenters. The molecule has 0 bridgehead atoms. The van der Waals surface area contributed by atoms with Gasteiger partial charge in [0.1, 0.15) is 0 Å². The Morgan fingerprint density at radius 3 is 2.26 bits per heavy atom. The fourth-order valence-corrected chi connectivity index (χ4v) is 7.06. The third kappa shape index (κ3) is 6.86. The number of fused-ring (bicyclic) bond motifs is 1. The van der Waals surface area contributed by atoms with Gasteiger partial charge in [-0.2, -0.15) is 0 Å². The Morgan fingerprint density at radius 1 is 0.943 bits per heavy atom. The molecule has 1 aliphatic carbocycles. The summed E-state index contributed by atoms with van der Waals surface area (Å²) in [6.07, 6.45) is 5.46. The molecule has 0 amide bonds. The van der Waals surface area contributed by atoms with Crippen LogP contribution in [0.2, 0.25) is 0 Å². The summed E-state index contributed by atoms with van der Waals surface area (Å²) in [4.78, 5) is 0. The van der Waals surface area contributed by atoms with Crippen molar-refractivity contribution in [1.29, 1.82) is 0 Å². The fourth-order valence-electron chi connectivity index (χ4n) is 5.98. The number of ether oxygens (including phenoxy) is 3. The van der Waals surface area contributed by atoms with Crippen LogP contribution in [-0.4, -0.2) is 39.6 Å². The second-order valence-electron chi connectivity index (χ2n) is 10.8. The summed E-state index contributed by atoms with van der Waals surface area (Å²) in [6.45, 7) is 6.36. The normalized spacial score (nSPS) is 32.8. The summed E-state index contributed by atoms with van der Waals surface area (Å²) in [5.41, 5.74) is 1.52. The van der Waals surface area contributed by atoms with Crippen molar-refractivity contribution >= 4 is 22.6 Å². The van der Waals surface area contributed by atoms with Crippen molar-refractivity contribution in [2.75, 3.05) is 11.0 Å². The van der Waals surface area contributed by atoms with Crippen LogP contribution in [0.3, 0.4) is 0 Å². The molecule has 2 aromatic rings. The zero-order valence-electron chi connectivity index (χ0n) is 21.2. The van der Waals surface area contributed by atoms with E-state index < -0.39 is 11.7 Å². The SMILES string of the molecule is C[C@@]12O[C@](C)(CCI)[C@@H](O)C[C@H]1C[C@@H](CCCOCc1ccccc1)C[C@@H]2OCc1ccccc1. The highest BCUT2D eigenvalue weighted by molar-refractivity contribution is 14.1. The van der Waals surface area contributed by atoms with E-state index in [1.807, 2.05) is 12.1 Å². The molecule has 2 aromatic carbocycles. The van der Waals surface area contributed by atoms with E-state index in [0.29, 0.717) is 25.0 Å². The van der Waals surface area contributed by atoms with Gasteiger partial charge in [0.2, 0.25) is 0 Å². The molecule has 1 saturated carbocycles. The van der Waals surface area contributed by atoms with Crippen LogP contribution in [0.4, 0.5) is 0 Å². The molecule has 35 heavy (non-hydrogen) atoms. The number of benzene rings is 2. The van der Waals surface area contributed by atoms with Gasteiger partial charge in [-0.25, -0.2) is 0 Å². The van der Waals surface area contributed by atoms with Crippen LogP contribution in [-0.2, 0) is 27.4 Å². The van der Waals surface area contributed by atoms with Gasteiger partial charge in [0.05, 0.1) is 36.6 Å². The summed E-state index contributed by atoms with van der Waals surface area (Å²) in [5, 5.41) is 11.1. The van der Waals surface area contributed by atoms with Crippen LogP contribution in [0.25, 0.3) is 0 Å². The molecule has 0 unspecified atom stereocenters. The van der Waals surface area contributed by atoms with Crippen LogP contribution in [0.15, 0.2) is 60.7 Å². The monoisotopic (exact) mass is 592 g/mol. The van der Waals surface area contributed by atoms with Crippen LogP contribution in [0.1, 0.15) is 63.5 Å². The van der Waals surface area contributed by atoms with Crippen molar-refractivity contribution in [3.05, 3.63) is 71.8 Å². The van der Waals surface area contributed by atoms with Crippen LogP contribution in [0, 0.1) is 11.8 Å². The number of rotatable bonds is 11. The molecule has 1 heterocycles. The van der Waals surface area contributed by atoms with E-state index in [2.05, 4.69) is 85.0 Å². The average Bonchev–Trinajstić information content (AvgIpc) is 2.85. The van der Waals surface area contributed by atoms with Crippen molar-refractivity contribution in [3.8, 4) is 0 Å². The predicted octanol–water partition coefficient (Wildman–Crippen LogP) is 6.72. The highest BCUT2D eigenvalue weighted by Gasteiger charge is 2.57. The van der Waals surface area contributed by atoms with Gasteiger partial charge in [-0.15, -0.1) is 0 Å². The number of alkyl halides is 1. The molecule has 0 spiro atoms. The van der Waals surface area contributed by atoms with Gasteiger partial charge >= 0.3 is 0 Å². The van der Waals surface area contributed by atoms with Gasteiger partial charge in [-0.05, 0) is 75.3 Å². The lowest BCUT2D eigenvalue weighted by Crippen LogP contribution is -2.65. The van der Waals surface area contributed by atoms with E-state index in [1.54, 1.807) is 0 Å². The minimum Gasteiger partial charge on any atom is -0.390 e. The first kappa shape index (κ1) is 27.1. The van der Waals surface area contributed by atoms with Crippen LogP contribution < -0.4 is 0 Å². The summed E-state index contributed by atoms with van der Waals surface area (Å²) < 4.78 is 20.4. The molecule has 1 N–H and O–H groups in total. The predicted molar refractivity (Wildman–Crippen MR) is 149 cm³/mol. The maximum atomic E-state index is 11.1. The standard InChI is InChI=1S/C30H41IO4/c1-29(15-16-31)27(32)20-26-18-25(14-9-17-33-21-23-10-5-3-6-11-23)19-28(30(26,2)35-29)34-22-24-12-7-4-8-13-24/h3-8,10-13,25-28,32H,9,14-22H2,1-2H3/t25-,26-,27+,28+,29-,30-/m1/s1. The smallest absolute Gasteiger partial charge is 0.0952 e. The second kappa shape index (κ2) is 12.5. The minimum atomic E-state index is -0.515. The van der Waals surface area contributed by atoms with Gasteiger partial charge in [-0.1, -0.05) is 83.3 Å². The maximum Gasteiger partial charge on any atom is 0.0952 e. The number of aliphatic hydroxyl groups excluding tert-OH is 1. The molecule has 5 heteroatoms. The Labute approximate surface area is 224 Å². The number of halogens is 1. The molecular weight excluding hydrogens is 551 g/mol. The molecule has 0 aromatic heterocycles. The molecular formula is C30H41IO4. The molecule has 2 fully saturated rings. The van der Waals surface area contributed by atoms with Crippen LogP contribution in [0.5, 0.6) is 0 Å². The molecule has 1 aliphatic heterocycles. The summed E-state index contributed by atoms with van der Waals surface area (Å²) in [7, 11) is 0. The molecule has 2 aliphatic rings. The van der Waals surface area contributed by atoms with Gasteiger partial charge < -0.3 is 19.3 Å². The van der Waals surface area contributed by atoms with Crippen molar-refractivity contribution in [3.63, 3.8) is 0 Å². The Bertz CT molecular complexity index is 894. The van der Waals surface area contributed by atoms with E-state index >= 15 is 0 Å². The van der Waals surface area contributed by atoms with E-state index in [4.69, 9.17) is 14.2 Å². The van der Waals surface area contributed by atoms with Gasteiger partial charge in [-0.3, -0.25) is 0 Å². The minimum absolute atomic E-state index is 0.0118. The van der Waals surface area contributed by atoms with Crippen molar-refractivity contribution < 1.29 is 19.3 Å². The molecule has 0 radical (unpaired) electrons. The van der Waals surface area contributed by atoms with Crippen molar-refractivity contribution in [2.45, 2.75) is 89.0 Å². The van der Waals surface area contributed by atoms with Crippen molar-refractivity contribution in [1.82, 2.24) is 0 Å². The third-order valence-corrected chi connectivity index (χ3v) is 8.72. The van der Waals surface area contributed by atoms with E-state index in [0.717, 1.165) is 49.6 Å². The first-order chi connectivity index (χ1) is 16.9. The second-order valence-corrected chi connectivity index (χ2v) is 11.9. The van der Waals surface area contributed by atoms with Gasteiger partial charge in [0.25, 0.3) is 0 Å². The number of hydrogen-bond donors (Lipinski definition) is 1. The van der Waals surface area contributed by atoms with E-state index in [9.17, 15) is 5.11 Å². The molecule has 192 valence electrons. The first-order valence-electron chi connectivity index (χ1n) is 13.1. The Balaban J connectivity index is 1.39. The fraction of sp³-hybridized carbons (Fsp3) is 0.600. The van der Waals surface area contributed by atoms with Gasteiger partial charge in [0.15, 0.2) is 0 Å². The Hall–Kier alpha value is -0.990. The largest absolute Gasteiger partial charge is 0.390 e. The Morgan fingerprint density at radius 2 is 1.60 bits per heavy atom. The number of aliphatic hydroxyl groups is 1. The zero-order chi connectivity index (χ0) is 24.7. The number of hydrogen-bond acceptors (Lipinski definition) is 4. The summed E-state index contributed by atoms with van der Waals surface area (Å²) in [6, 6.07) is 20.8. The highest BCUT2D eigenvalue weighted by atomic mass is 127. The first-order valence-corrected chi connectivity index (χ1v) is 14.7. The third-order valence-electron chi connectivity index (χ3n) is 8.18. The van der Waals surface area contributed by atoms with E-state index in [1.165, 1.54) is 11.1 Å². The Kier molecular flexibility index (Phi) is 9.67. The lowest BCUT2D eigenvalue weighted by Gasteiger charge is -2.58. The lowest BCUT2D eigenvalue weighted by molar-refractivity contribution is -0.298. The highest BCUT2D eigenvalue weighted by Crippen LogP contribution is 2.51. The zero-order valence-corrected chi connectivity index (χ0v) is 23.4. The quantitative estimate of drug-likeness (QED) is 0.179. The van der Waals surface area contributed by atoms with E-state index in [-0.39, 0.29) is 11.7 Å². The van der Waals surface area contributed by atoms with Crippen molar-refractivity contribution in [2.24, 2.45) is 11.8 Å². The summed E-state index contributed by atoms with van der Waals surface area (Å²) >= 11 is 2.39. The lowest BCUT2D eigenvalue weighted by atomic mass is 9.63. The molecule has 4 nitrogen and oxygen atoms in total. The maximum absolute atomic E-state index is 11.1. The molecule has 4 rings (SSSR count). The topological polar surface area (TPSA) is 47.9 Å². The van der Waals surface area contributed by atoms with Crippen LogP contribution >= 0.6 is 22.6 Å². The molecule has 1 saturated heterocycles. The summed E-state index contributed by atoms with van der Waals surface area (Å²) in [5.74, 6) is 0.850.